The molecule has 30 heavy (non-hydrogen) atoms. The minimum absolute atomic E-state index is 0.0173. The molecule has 0 amide bonds. The molecule has 0 unspecified atom stereocenters. The number of hydrogen-bond acceptors (Lipinski definition) is 10. The Kier molecular flexibility index (Phi) is 4.66. The first-order valence-electron chi connectivity index (χ1n) is 9.76. The predicted octanol–water partition coefficient (Wildman–Crippen LogP) is 1.31. The van der Waals surface area contributed by atoms with E-state index in [-0.39, 0.29) is 16.7 Å². The van der Waals surface area contributed by atoms with Crippen LogP contribution in [-0.2, 0) is 14.6 Å². The molecule has 3 aromatic heterocycles. The standard InChI is InChI=1S/C18H22N8O3S/c1-30(27,28)17-14-15(20-11-2-3-11)22-18(23-16(14)24-25-17)21-12-4-5-13(19-10-12)26-6-8-29-9-7-26/h4-5,10-11H,2-3,6-9H2,1H3,(H3,20,21,22,23,24,25). The smallest absolute Gasteiger partial charge is 0.231 e. The SMILES string of the molecule is CS(=O)(=O)c1[nH]nc2nc(Nc3ccc(N4CCOCC4)nc3)nc(NC3CC3)c12. The van der Waals surface area contributed by atoms with Crippen LogP contribution < -0.4 is 15.5 Å². The Morgan fingerprint density at radius 2 is 2.00 bits per heavy atom. The number of pyridine rings is 1. The van der Waals surface area contributed by atoms with E-state index in [4.69, 9.17) is 4.74 Å². The summed E-state index contributed by atoms with van der Waals surface area (Å²) < 4.78 is 29.6. The molecule has 11 nitrogen and oxygen atoms in total. The number of nitrogens with zero attached hydrogens (tertiary/aromatic N) is 5. The Bertz CT molecular complexity index is 1170. The summed E-state index contributed by atoms with van der Waals surface area (Å²) in [5.74, 6) is 1.66. The lowest BCUT2D eigenvalue weighted by Crippen LogP contribution is -2.36. The number of fused-ring (bicyclic) bond motifs is 1. The van der Waals surface area contributed by atoms with Crippen LogP contribution in [0, 0.1) is 0 Å². The zero-order chi connectivity index (χ0) is 20.7. The number of anilines is 4. The van der Waals surface area contributed by atoms with E-state index in [1.165, 1.54) is 0 Å². The summed E-state index contributed by atoms with van der Waals surface area (Å²) in [6, 6.07) is 4.13. The summed E-state index contributed by atoms with van der Waals surface area (Å²) in [4.78, 5) is 15.6. The van der Waals surface area contributed by atoms with Gasteiger partial charge in [-0.3, -0.25) is 5.10 Å². The largest absolute Gasteiger partial charge is 0.378 e. The molecule has 0 aromatic carbocycles. The van der Waals surface area contributed by atoms with Crippen molar-refractivity contribution in [2.24, 2.45) is 0 Å². The van der Waals surface area contributed by atoms with Gasteiger partial charge in [-0.25, -0.2) is 13.4 Å². The number of morpholine rings is 1. The zero-order valence-electron chi connectivity index (χ0n) is 16.4. The van der Waals surface area contributed by atoms with Gasteiger partial charge in [0.25, 0.3) is 0 Å². The molecule has 0 radical (unpaired) electrons. The van der Waals surface area contributed by atoms with Crippen molar-refractivity contribution in [2.75, 3.05) is 48.1 Å². The second-order valence-corrected chi connectivity index (χ2v) is 9.42. The molecular formula is C18H22N8O3S. The van der Waals surface area contributed by atoms with Crippen LogP contribution in [0.4, 0.5) is 23.3 Å². The molecule has 1 aliphatic carbocycles. The molecule has 0 spiro atoms. The van der Waals surface area contributed by atoms with Crippen molar-refractivity contribution in [1.82, 2.24) is 25.1 Å². The highest BCUT2D eigenvalue weighted by Crippen LogP contribution is 2.32. The van der Waals surface area contributed by atoms with Crippen LogP contribution in [-0.4, -0.2) is 72.2 Å². The average molecular weight is 430 g/mol. The van der Waals surface area contributed by atoms with Gasteiger partial charge in [0.15, 0.2) is 20.5 Å². The van der Waals surface area contributed by atoms with Crippen LogP contribution >= 0.6 is 0 Å². The molecule has 2 aliphatic rings. The second-order valence-electron chi connectivity index (χ2n) is 7.47. The van der Waals surface area contributed by atoms with Crippen LogP contribution in [0.15, 0.2) is 23.4 Å². The van der Waals surface area contributed by atoms with E-state index in [1.807, 2.05) is 12.1 Å². The molecule has 5 rings (SSSR count). The fourth-order valence-corrected chi connectivity index (χ4v) is 4.09. The summed E-state index contributed by atoms with van der Waals surface area (Å²) in [6.45, 7) is 3.03. The molecule has 4 heterocycles. The van der Waals surface area contributed by atoms with Crippen molar-refractivity contribution in [3.63, 3.8) is 0 Å². The van der Waals surface area contributed by atoms with Crippen LogP contribution in [0.25, 0.3) is 11.0 Å². The number of ether oxygens (including phenoxy) is 1. The van der Waals surface area contributed by atoms with Gasteiger partial charge in [-0.2, -0.15) is 15.1 Å². The number of hydrogen-bond donors (Lipinski definition) is 3. The van der Waals surface area contributed by atoms with Crippen LogP contribution in [0.5, 0.6) is 0 Å². The van der Waals surface area contributed by atoms with Crippen molar-refractivity contribution < 1.29 is 13.2 Å². The first kappa shape index (κ1) is 19.0. The van der Waals surface area contributed by atoms with Crippen LogP contribution in [0.2, 0.25) is 0 Å². The number of nitrogens with one attached hydrogen (secondary N) is 3. The molecule has 1 saturated heterocycles. The normalized spacial score (nSPS) is 17.3. The van der Waals surface area contributed by atoms with Gasteiger partial charge in [-0.15, -0.1) is 0 Å². The predicted molar refractivity (Wildman–Crippen MR) is 112 cm³/mol. The van der Waals surface area contributed by atoms with E-state index in [2.05, 4.69) is 40.7 Å². The molecular weight excluding hydrogens is 408 g/mol. The molecule has 2 fully saturated rings. The lowest BCUT2D eigenvalue weighted by Gasteiger charge is -2.27. The summed E-state index contributed by atoms with van der Waals surface area (Å²) in [7, 11) is -3.49. The molecule has 3 N–H and O–H groups in total. The highest BCUT2D eigenvalue weighted by atomic mass is 32.2. The fourth-order valence-electron chi connectivity index (χ4n) is 3.32. The Morgan fingerprint density at radius 3 is 2.67 bits per heavy atom. The number of sulfone groups is 1. The third-order valence-electron chi connectivity index (χ3n) is 5.01. The highest BCUT2D eigenvalue weighted by molar-refractivity contribution is 7.90. The van der Waals surface area contributed by atoms with Crippen LogP contribution in [0.1, 0.15) is 12.8 Å². The minimum Gasteiger partial charge on any atom is -0.378 e. The van der Waals surface area contributed by atoms with Gasteiger partial charge in [-0.1, -0.05) is 0 Å². The average Bonchev–Trinajstić information content (AvgIpc) is 3.43. The first-order chi connectivity index (χ1) is 14.5. The third-order valence-corrected chi connectivity index (χ3v) is 6.05. The van der Waals surface area contributed by atoms with Crippen LogP contribution in [0.3, 0.4) is 0 Å². The molecule has 0 bridgehead atoms. The highest BCUT2D eigenvalue weighted by Gasteiger charge is 2.27. The maximum absolute atomic E-state index is 12.1. The molecule has 158 valence electrons. The minimum atomic E-state index is -3.49. The topological polar surface area (TPSA) is 138 Å². The molecule has 1 aliphatic heterocycles. The summed E-state index contributed by atoms with van der Waals surface area (Å²) in [6.07, 6.45) is 4.90. The van der Waals surface area contributed by atoms with E-state index >= 15 is 0 Å². The fraction of sp³-hybridized carbons (Fsp3) is 0.444. The second kappa shape index (κ2) is 7.36. The maximum atomic E-state index is 12.1. The lowest BCUT2D eigenvalue weighted by atomic mass is 10.3. The summed E-state index contributed by atoms with van der Waals surface area (Å²) in [5, 5.41) is 13.5. The number of H-pyrrole nitrogens is 1. The molecule has 3 aromatic rings. The first-order valence-corrected chi connectivity index (χ1v) is 11.6. The van der Waals surface area contributed by atoms with E-state index in [1.54, 1.807) is 6.20 Å². The Labute approximate surface area is 173 Å². The van der Waals surface area contributed by atoms with Gasteiger partial charge in [0.2, 0.25) is 5.95 Å². The van der Waals surface area contributed by atoms with Crippen molar-refractivity contribution in [1.29, 1.82) is 0 Å². The Balaban J connectivity index is 1.44. The van der Waals surface area contributed by atoms with E-state index < -0.39 is 9.84 Å². The van der Waals surface area contributed by atoms with Gasteiger partial charge >= 0.3 is 0 Å². The number of rotatable bonds is 6. The number of aromatic amines is 1. The quantitative estimate of drug-likeness (QED) is 0.524. The zero-order valence-corrected chi connectivity index (χ0v) is 17.2. The molecule has 1 saturated carbocycles. The monoisotopic (exact) mass is 430 g/mol. The number of aromatic nitrogens is 5. The third kappa shape index (κ3) is 3.87. The molecule has 12 heteroatoms. The van der Waals surface area contributed by atoms with Gasteiger partial charge in [0.05, 0.1) is 25.1 Å². The van der Waals surface area contributed by atoms with Crippen molar-refractivity contribution in [2.45, 2.75) is 23.9 Å². The van der Waals surface area contributed by atoms with Gasteiger partial charge in [0.1, 0.15) is 17.0 Å². The molecule has 0 atom stereocenters. The van der Waals surface area contributed by atoms with E-state index in [0.29, 0.717) is 30.4 Å². The summed E-state index contributed by atoms with van der Waals surface area (Å²) >= 11 is 0. The van der Waals surface area contributed by atoms with Crippen molar-refractivity contribution in [3.05, 3.63) is 18.3 Å². The van der Waals surface area contributed by atoms with E-state index in [9.17, 15) is 8.42 Å². The van der Waals surface area contributed by atoms with Gasteiger partial charge in [-0.05, 0) is 25.0 Å². The van der Waals surface area contributed by atoms with Crippen molar-refractivity contribution >= 4 is 44.1 Å². The van der Waals surface area contributed by atoms with Crippen molar-refractivity contribution in [3.8, 4) is 0 Å². The Morgan fingerprint density at radius 1 is 1.20 bits per heavy atom. The Hall–Kier alpha value is -2.99. The summed E-state index contributed by atoms with van der Waals surface area (Å²) in [5.41, 5.74) is 1.01. The van der Waals surface area contributed by atoms with Gasteiger partial charge in [0, 0.05) is 25.4 Å². The van der Waals surface area contributed by atoms with E-state index in [0.717, 1.165) is 43.7 Å². The lowest BCUT2D eigenvalue weighted by molar-refractivity contribution is 0.122. The maximum Gasteiger partial charge on any atom is 0.231 e. The van der Waals surface area contributed by atoms with Gasteiger partial charge < -0.3 is 20.3 Å².